The van der Waals surface area contributed by atoms with Gasteiger partial charge in [-0.05, 0) is 20.3 Å². The second-order valence-corrected chi connectivity index (χ2v) is 4.85. The summed E-state index contributed by atoms with van der Waals surface area (Å²) in [7, 11) is 1.51. The number of hydrogen-bond donors (Lipinski definition) is 2. The maximum absolute atomic E-state index is 11.9. The molecule has 2 atom stereocenters. The molecular formula is C11H18N2O3S. The van der Waals surface area contributed by atoms with Gasteiger partial charge < -0.3 is 9.84 Å². The number of rotatable bonds is 5. The van der Waals surface area contributed by atoms with Gasteiger partial charge in [-0.25, -0.2) is 4.98 Å². The number of carbonyl (C=O) groups is 1. The highest BCUT2D eigenvalue weighted by atomic mass is 32.1. The number of aromatic nitrogens is 1. The third-order valence-corrected chi connectivity index (χ3v) is 3.55. The molecule has 0 saturated heterocycles. The van der Waals surface area contributed by atoms with Crippen molar-refractivity contribution >= 4 is 22.4 Å². The van der Waals surface area contributed by atoms with Crippen LogP contribution in [0.4, 0.5) is 5.13 Å². The highest BCUT2D eigenvalue weighted by Crippen LogP contribution is 2.23. The van der Waals surface area contributed by atoms with Crippen LogP contribution < -0.4 is 5.32 Å². The molecule has 0 aromatic carbocycles. The number of aliphatic hydroxyl groups is 1. The average molecular weight is 258 g/mol. The summed E-state index contributed by atoms with van der Waals surface area (Å²) in [4.78, 5) is 16.1. The van der Waals surface area contributed by atoms with E-state index < -0.39 is 11.7 Å². The van der Waals surface area contributed by atoms with E-state index in [-0.39, 0.29) is 5.91 Å². The van der Waals surface area contributed by atoms with Gasteiger partial charge in [-0.2, -0.15) is 0 Å². The van der Waals surface area contributed by atoms with Crippen LogP contribution in [0.25, 0.3) is 0 Å². The van der Waals surface area contributed by atoms with Crippen LogP contribution in [0, 0.1) is 0 Å². The zero-order valence-corrected chi connectivity index (χ0v) is 11.3. The lowest BCUT2D eigenvalue weighted by Gasteiger charge is -2.24. The van der Waals surface area contributed by atoms with Crippen LogP contribution in [0.1, 0.15) is 39.0 Å². The summed E-state index contributed by atoms with van der Waals surface area (Å²) >= 11 is 1.28. The van der Waals surface area contributed by atoms with Crippen molar-refractivity contribution < 1.29 is 14.6 Å². The topological polar surface area (TPSA) is 71.5 Å². The quantitative estimate of drug-likeness (QED) is 0.846. The number of carbonyl (C=O) groups excluding carboxylic acids is 1. The number of ether oxygens (including phenoxy) is 1. The van der Waals surface area contributed by atoms with Crippen LogP contribution in [0.5, 0.6) is 0 Å². The molecule has 1 amide bonds. The molecule has 17 heavy (non-hydrogen) atoms. The highest BCUT2D eigenvalue weighted by Gasteiger charge is 2.31. The number of thiazole rings is 1. The predicted octanol–water partition coefficient (Wildman–Crippen LogP) is 1.95. The Hall–Kier alpha value is -0.980. The molecule has 0 aliphatic heterocycles. The van der Waals surface area contributed by atoms with Crippen LogP contribution in [0.3, 0.4) is 0 Å². The minimum absolute atomic E-state index is 0.228. The molecule has 1 aromatic rings. The molecular weight excluding hydrogens is 240 g/mol. The van der Waals surface area contributed by atoms with E-state index in [1.807, 2.05) is 6.92 Å². The van der Waals surface area contributed by atoms with Crippen molar-refractivity contribution in [3.05, 3.63) is 11.1 Å². The predicted molar refractivity (Wildman–Crippen MR) is 67.1 cm³/mol. The zero-order valence-electron chi connectivity index (χ0n) is 10.5. The fourth-order valence-corrected chi connectivity index (χ4v) is 1.95. The van der Waals surface area contributed by atoms with Crippen LogP contribution in [-0.4, -0.2) is 28.7 Å². The van der Waals surface area contributed by atoms with Gasteiger partial charge in [0, 0.05) is 12.5 Å². The van der Waals surface area contributed by atoms with Crippen LogP contribution in [0.15, 0.2) is 5.38 Å². The van der Waals surface area contributed by atoms with Gasteiger partial charge in [0.05, 0.1) is 11.8 Å². The molecule has 2 N–H and O–H groups in total. The molecule has 0 saturated carbocycles. The van der Waals surface area contributed by atoms with E-state index in [2.05, 4.69) is 10.3 Å². The number of nitrogens with one attached hydrogen (secondary N) is 1. The number of nitrogens with zero attached hydrogens (tertiary/aromatic N) is 1. The maximum Gasteiger partial charge on any atom is 0.258 e. The number of anilines is 1. The molecule has 1 aromatic heterocycles. The van der Waals surface area contributed by atoms with Gasteiger partial charge in [0.25, 0.3) is 5.91 Å². The first-order valence-electron chi connectivity index (χ1n) is 5.43. The normalized spacial score (nSPS) is 16.3. The third-order valence-electron chi connectivity index (χ3n) is 2.78. The first-order chi connectivity index (χ1) is 7.92. The van der Waals surface area contributed by atoms with Crippen LogP contribution >= 0.6 is 11.3 Å². The Labute approximate surface area is 105 Å². The van der Waals surface area contributed by atoms with E-state index in [4.69, 9.17) is 4.74 Å². The molecule has 6 heteroatoms. The number of aliphatic hydroxyl groups excluding tert-OH is 1. The lowest BCUT2D eigenvalue weighted by Crippen LogP contribution is -2.41. The van der Waals surface area contributed by atoms with Crippen molar-refractivity contribution in [1.82, 2.24) is 4.98 Å². The minimum Gasteiger partial charge on any atom is -0.387 e. The summed E-state index contributed by atoms with van der Waals surface area (Å²) in [6.45, 7) is 5.24. The first kappa shape index (κ1) is 14.1. The lowest BCUT2D eigenvalue weighted by atomic mass is 10.0. The van der Waals surface area contributed by atoms with Gasteiger partial charge in [-0.15, -0.1) is 11.3 Å². The third kappa shape index (κ3) is 3.24. The number of amides is 1. The van der Waals surface area contributed by atoms with Crippen molar-refractivity contribution in [3.8, 4) is 0 Å². The standard InChI is InChI=1S/C11H18N2O3S/c1-5-11(3,16-4)9(15)13-10-12-8(6-17-10)7(2)14/h6-7,14H,5H2,1-4H3,(H,12,13,15). The summed E-state index contributed by atoms with van der Waals surface area (Å²) in [5.74, 6) is -0.228. The molecule has 0 bridgehead atoms. The Morgan fingerprint density at radius 1 is 1.76 bits per heavy atom. The summed E-state index contributed by atoms with van der Waals surface area (Å²) in [5.41, 5.74) is -0.294. The average Bonchev–Trinajstić information content (AvgIpc) is 2.76. The Balaban J connectivity index is 2.74. The summed E-state index contributed by atoms with van der Waals surface area (Å²) in [6, 6.07) is 0. The van der Waals surface area contributed by atoms with Gasteiger partial charge in [0.1, 0.15) is 5.60 Å². The Bertz CT molecular complexity index is 386. The summed E-state index contributed by atoms with van der Waals surface area (Å²) < 4.78 is 5.19. The minimum atomic E-state index is -0.851. The van der Waals surface area contributed by atoms with E-state index in [0.29, 0.717) is 17.2 Å². The second kappa shape index (κ2) is 5.57. The largest absolute Gasteiger partial charge is 0.387 e. The molecule has 2 unspecified atom stereocenters. The molecule has 5 nitrogen and oxygen atoms in total. The number of methoxy groups -OCH3 is 1. The Morgan fingerprint density at radius 3 is 2.82 bits per heavy atom. The van der Waals surface area contributed by atoms with Crippen molar-refractivity contribution in [2.45, 2.75) is 38.9 Å². The molecule has 0 radical (unpaired) electrons. The monoisotopic (exact) mass is 258 g/mol. The van der Waals surface area contributed by atoms with Crippen molar-refractivity contribution in [2.75, 3.05) is 12.4 Å². The molecule has 96 valence electrons. The fraction of sp³-hybridized carbons (Fsp3) is 0.636. The van der Waals surface area contributed by atoms with Crippen LogP contribution in [-0.2, 0) is 9.53 Å². The Kier molecular flexibility index (Phi) is 4.62. The van der Waals surface area contributed by atoms with E-state index in [1.165, 1.54) is 18.4 Å². The van der Waals surface area contributed by atoms with Gasteiger partial charge in [-0.1, -0.05) is 6.92 Å². The highest BCUT2D eigenvalue weighted by molar-refractivity contribution is 7.13. The van der Waals surface area contributed by atoms with E-state index >= 15 is 0 Å². The molecule has 0 aliphatic rings. The molecule has 0 spiro atoms. The molecule has 0 fully saturated rings. The van der Waals surface area contributed by atoms with E-state index in [1.54, 1.807) is 19.2 Å². The summed E-state index contributed by atoms with van der Waals surface area (Å²) in [6.07, 6.45) is -0.0545. The van der Waals surface area contributed by atoms with Gasteiger partial charge >= 0.3 is 0 Å². The smallest absolute Gasteiger partial charge is 0.258 e. The first-order valence-corrected chi connectivity index (χ1v) is 6.31. The molecule has 1 rings (SSSR count). The molecule has 1 heterocycles. The van der Waals surface area contributed by atoms with E-state index in [9.17, 15) is 9.90 Å². The van der Waals surface area contributed by atoms with Crippen LogP contribution in [0.2, 0.25) is 0 Å². The second-order valence-electron chi connectivity index (χ2n) is 4.00. The van der Waals surface area contributed by atoms with Crippen molar-refractivity contribution in [2.24, 2.45) is 0 Å². The SMILES string of the molecule is CCC(C)(OC)C(=O)Nc1nc(C(C)O)cs1. The zero-order chi connectivity index (χ0) is 13.1. The molecule has 0 aliphatic carbocycles. The van der Waals surface area contributed by atoms with Crippen molar-refractivity contribution in [3.63, 3.8) is 0 Å². The summed E-state index contributed by atoms with van der Waals surface area (Å²) in [5, 5.41) is 14.2. The van der Waals surface area contributed by atoms with Gasteiger partial charge in [0.15, 0.2) is 5.13 Å². The lowest BCUT2D eigenvalue weighted by molar-refractivity contribution is -0.136. The fourth-order valence-electron chi connectivity index (χ4n) is 1.16. The number of hydrogen-bond acceptors (Lipinski definition) is 5. The van der Waals surface area contributed by atoms with Gasteiger partial charge in [-0.3, -0.25) is 10.1 Å². The van der Waals surface area contributed by atoms with Crippen molar-refractivity contribution in [1.29, 1.82) is 0 Å². The van der Waals surface area contributed by atoms with Gasteiger partial charge in [0.2, 0.25) is 0 Å². The maximum atomic E-state index is 11.9. The Morgan fingerprint density at radius 2 is 2.41 bits per heavy atom. The van der Waals surface area contributed by atoms with E-state index in [0.717, 1.165) is 0 Å².